The first kappa shape index (κ1) is 16.3. The standard InChI is InChI=1S/C8H6O3.CH2BN.Na.H/c9-5-6-2-1-3-7(4-6)8(10)11;2-1-3;;/h1-5H,(H,10,11);2H2;;. The van der Waals surface area contributed by atoms with Crippen LogP contribution in [0.15, 0.2) is 24.3 Å². The first-order chi connectivity index (χ1) is 6.65. The van der Waals surface area contributed by atoms with E-state index in [-0.39, 0.29) is 35.1 Å². The zero-order chi connectivity index (χ0) is 11.0. The fourth-order valence-electron chi connectivity index (χ4n) is 0.745. The molecule has 0 heterocycles. The number of hydrogen-bond donors (Lipinski definition) is 1. The Kier molecular flexibility index (Phi) is 10.3. The summed E-state index contributed by atoms with van der Waals surface area (Å²) in [5.41, 5.74) is 0.513. The van der Waals surface area contributed by atoms with E-state index in [0.29, 0.717) is 11.8 Å². The van der Waals surface area contributed by atoms with Gasteiger partial charge in [0.25, 0.3) is 0 Å². The van der Waals surface area contributed by atoms with Crippen molar-refractivity contribution in [3.63, 3.8) is 0 Å². The van der Waals surface area contributed by atoms with Gasteiger partial charge >= 0.3 is 35.5 Å². The Morgan fingerprint density at radius 1 is 1.53 bits per heavy atom. The van der Waals surface area contributed by atoms with Crippen molar-refractivity contribution >= 4 is 49.7 Å². The van der Waals surface area contributed by atoms with Gasteiger partial charge in [-0.05, 0) is 18.1 Å². The Hall–Kier alpha value is -1.09. The second-order valence-electron chi connectivity index (χ2n) is 2.27. The van der Waals surface area contributed by atoms with Crippen molar-refractivity contribution in [2.75, 3.05) is 0 Å². The second-order valence-corrected chi connectivity index (χ2v) is 2.27. The number of carboxylic acids is 1. The molecule has 1 aromatic carbocycles. The van der Waals surface area contributed by atoms with Gasteiger partial charge in [0, 0.05) is 5.56 Å². The molecule has 72 valence electrons. The van der Waals surface area contributed by atoms with Crippen LogP contribution >= 0.6 is 0 Å². The average molecular weight is 213 g/mol. The van der Waals surface area contributed by atoms with E-state index in [4.69, 9.17) is 10.4 Å². The van der Waals surface area contributed by atoms with E-state index in [1.165, 1.54) is 26.0 Å². The molecule has 0 amide bonds. The van der Waals surface area contributed by atoms with E-state index in [1.807, 2.05) is 0 Å². The molecule has 15 heavy (non-hydrogen) atoms. The molecule has 0 aromatic heterocycles. The minimum absolute atomic E-state index is 0. The number of hydrogen-bond acceptors (Lipinski definition) is 3. The van der Waals surface area contributed by atoms with Gasteiger partial charge in [0.05, 0.1) is 5.56 Å². The zero-order valence-electron chi connectivity index (χ0n) is 7.60. The van der Waals surface area contributed by atoms with Crippen LogP contribution in [-0.2, 0) is 0 Å². The molecule has 0 aliphatic carbocycles. The van der Waals surface area contributed by atoms with Crippen LogP contribution in [0.5, 0.6) is 0 Å². The normalized spacial score (nSPS) is 7.13. The Balaban J connectivity index is 0. The van der Waals surface area contributed by atoms with Gasteiger partial charge in [0.1, 0.15) is 6.29 Å². The van der Waals surface area contributed by atoms with E-state index in [0.717, 1.165) is 0 Å². The quantitative estimate of drug-likeness (QED) is 0.537. The van der Waals surface area contributed by atoms with Crippen LogP contribution < -0.4 is 0 Å². The van der Waals surface area contributed by atoms with Crippen molar-refractivity contribution in [3.05, 3.63) is 35.4 Å². The van der Waals surface area contributed by atoms with Gasteiger partial charge < -0.3 is 5.11 Å². The summed E-state index contributed by atoms with van der Waals surface area (Å²) in [4.78, 5) is 20.5. The summed E-state index contributed by atoms with van der Waals surface area (Å²) >= 11 is 0. The number of carbonyl (C=O) groups is 2. The molecule has 0 aliphatic heterocycles. The van der Waals surface area contributed by atoms with Crippen molar-refractivity contribution in [2.24, 2.45) is 0 Å². The fraction of sp³-hybridized carbons (Fsp3) is 0. The van der Waals surface area contributed by atoms with Gasteiger partial charge in [0.2, 0.25) is 7.85 Å². The molecule has 6 heteroatoms. The number of nitrogens with zero attached hydrogens (tertiary/aromatic N) is 1. The maximum absolute atomic E-state index is 10.4. The zero-order valence-corrected chi connectivity index (χ0v) is 7.60. The molecule has 0 aliphatic rings. The van der Waals surface area contributed by atoms with Crippen LogP contribution in [0.2, 0.25) is 0 Å². The first-order valence-corrected chi connectivity index (χ1v) is 3.75. The van der Waals surface area contributed by atoms with Gasteiger partial charge in [-0.1, -0.05) is 12.1 Å². The Morgan fingerprint density at radius 2 is 2.07 bits per heavy atom. The predicted molar refractivity (Wildman–Crippen MR) is 60.1 cm³/mol. The van der Waals surface area contributed by atoms with Gasteiger partial charge in [-0.15, -0.1) is 0 Å². The molecule has 0 radical (unpaired) electrons. The number of nitriles is 1. The number of aromatic carboxylic acids is 1. The average Bonchev–Trinajstić information content (AvgIpc) is 2.19. The first-order valence-electron chi connectivity index (χ1n) is 3.75. The Morgan fingerprint density at radius 3 is 2.47 bits per heavy atom. The van der Waals surface area contributed by atoms with Gasteiger partial charge in [-0.25, -0.2) is 10.1 Å². The van der Waals surface area contributed by atoms with Crippen molar-refractivity contribution in [2.45, 2.75) is 0 Å². The predicted octanol–water partition coefficient (Wildman–Crippen LogP) is -0.351. The summed E-state index contributed by atoms with van der Waals surface area (Å²) in [6.45, 7) is 0. The summed E-state index contributed by atoms with van der Waals surface area (Å²) in [6, 6.07) is 5.86. The molecule has 1 N–H and O–H groups in total. The van der Waals surface area contributed by atoms with E-state index in [2.05, 4.69) is 0 Å². The summed E-state index contributed by atoms with van der Waals surface area (Å²) in [5, 5.41) is 15.8. The van der Waals surface area contributed by atoms with Gasteiger partial charge in [0.15, 0.2) is 0 Å². The molecule has 1 aromatic rings. The third kappa shape index (κ3) is 6.92. The Bertz CT molecular complexity index is 376. The summed E-state index contributed by atoms with van der Waals surface area (Å²) in [5.74, 6) is 0.730. The van der Waals surface area contributed by atoms with Crippen LogP contribution in [0, 0.1) is 11.2 Å². The maximum atomic E-state index is 10.4. The second kappa shape index (κ2) is 9.47. The molecule has 0 bridgehead atoms. The van der Waals surface area contributed by atoms with Crippen LogP contribution in [0.4, 0.5) is 0 Å². The van der Waals surface area contributed by atoms with Crippen molar-refractivity contribution in [3.8, 4) is 5.97 Å². The molecule has 0 spiro atoms. The van der Waals surface area contributed by atoms with Crippen molar-refractivity contribution < 1.29 is 14.7 Å². The number of rotatable bonds is 2. The van der Waals surface area contributed by atoms with Crippen LogP contribution in [0.1, 0.15) is 20.7 Å². The number of carboxylic acid groups (broad SMARTS) is 1. The van der Waals surface area contributed by atoms with Crippen molar-refractivity contribution in [1.29, 1.82) is 5.26 Å². The number of carbonyl (C=O) groups excluding carboxylic acids is 1. The molecule has 0 unspecified atom stereocenters. The summed E-state index contributed by atoms with van der Waals surface area (Å²) in [7, 11) is 1.43. The molecular weight excluding hydrogens is 204 g/mol. The topological polar surface area (TPSA) is 78.2 Å². The SMILES string of the molecule is BC#N.O=Cc1cccc(C(=O)O)c1.[NaH]. The number of benzene rings is 1. The van der Waals surface area contributed by atoms with E-state index in [9.17, 15) is 9.59 Å². The van der Waals surface area contributed by atoms with Gasteiger partial charge in [-0.2, -0.15) is 0 Å². The monoisotopic (exact) mass is 213 g/mol. The fourth-order valence-corrected chi connectivity index (χ4v) is 0.745. The molecule has 4 nitrogen and oxygen atoms in total. The summed E-state index contributed by atoms with van der Waals surface area (Å²) < 4.78 is 0. The molecule has 0 saturated carbocycles. The molecule has 0 atom stereocenters. The minimum atomic E-state index is -1.02. The van der Waals surface area contributed by atoms with E-state index in [1.54, 1.807) is 12.0 Å². The van der Waals surface area contributed by atoms with Crippen LogP contribution in [0.25, 0.3) is 0 Å². The van der Waals surface area contributed by atoms with Crippen LogP contribution in [-0.4, -0.2) is 54.8 Å². The number of aldehydes is 1. The van der Waals surface area contributed by atoms with Crippen molar-refractivity contribution in [1.82, 2.24) is 0 Å². The third-order valence-electron chi connectivity index (χ3n) is 1.27. The van der Waals surface area contributed by atoms with Crippen LogP contribution in [0.3, 0.4) is 0 Å². The molecular formula is C9H9BNNaO3. The van der Waals surface area contributed by atoms with E-state index >= 15 is 0 Å². The third-order valence-corrected chi connectivity index (χ3v) is 1.27. The van der Waals surface area contributed by atoms with Gasteiger partial charge in [-0.3, -0.25) is 4.79 Å². The molecule has 1 rings (SSSR count). The molecule has 0 saturated heterocycles. The Labute approximate surface area is 111 Å². The molecule has 0 fully saturated rings. The van der Waals surface area contributed by atoms with E-state index < -0.39 is 5.97 Å². The summed E-state index contributed by atoms with van der Waals surface area (Å²) in [6.07, 6.45) is 0.617.